The number of hydrogen-bond donors (Lipinski definition) is 0. The molecule has 0 fully saturated rings. The third-order valence-corrected chi connectivity index (χ3v) is 4.19. The van der Waals surface area contributed by atoms with Crippen molar-refractivity contribution in [2.24, 2.45) is 0 Å². The van der Waals surface area contributed by atoms with Gasteiger partial charge in [-0.05, 0) is 0 Å². The van der Waals surface area contributed by atoms with Gasteiger partial charge in [0.2, 0.25) is 0 Å². The van der Waals surface area contributed by atoms with Crippen molar-refractivity contribution >= 4 is 23.4 Å². The Morgan fingerprint density at radius 1 is 1.00 bits per heavy atom. The van der Waals surface area contributed by atoms with Crippen LogP contribution in [0.1, 0.15) is 45.4 Å². The monoisotopic (exact) mass is 222 g/mol. The Morgan fingerprint density at radius 2 is 1.60 bits per heavy atom. The molecule has 0 N–H and O–H groups in total. The Kier molecular flexibility index (Phi) is 10.4. The second kappa shape index (κ2) is 9.70. The first-order chi connectivity index (χ1) is 4.91. The highest BCUT2D eigenvalue weighted by atomic mass is 79.9. The topological polar surface area (TPSA) is 0 Å². The van der Waals surface area contributed by atoms with Crippen molar-refractivity contribution in [3.63, 3.8) is 0 Å². The highest BCUT2D eigenvalue weighted by Gasteiger charge is 1.88. The van der Waals surface area contributed by atoms with Gasteiger partial charge in [-0.15, -0.1) is 15.3 Å². The van der Waals surface area contributed by atoms with E-state index in [9.17, 15) is 0 Å². The summed E-state index contributed by atoms with van der Waals surface area (Å²) in [5.74, 6) is 0. The van der Waals surface area contributed by atoms with Crippen LogP contribution in [0.4, 0.5) is 0 Å². The van der Waals surface area contributed by atoms with Crippen molar-refractivity contribution in [3.05, 3.63) is 0 Å². The Balaban J connectivity index is 2.65. The van der Waals surface area contributed by atoms with Crippen LogP contribution in [0.3, 0.4) is 0 Å². The van der Waals surface area contributed by atoms with Gasteiger partial charge in [-0.1, -0.05) is 51.5 Å². The van der Waals surface area contributed by atoms with E-state index in [4.69, 9.17) is 0 Å². The van der Waals surface area contributed by atoms with Crippen molar-refractivity contribution in [1.82, 2.24) is 0 Å². The molecule has 0 aromatic carbocycles. The van der Waals surface area contributed by atoms with Crippen molar-refractivity contribution < 1.29 is 0 Å². The average Bonchev–Trinajstić information content (AvgIpc) is 1.97. The van der Waals surface area contributed by atoms with Crippen molar-refractivity contribution in [1.29, 1.82) is 0 Å². The Morgan fingerprint density at radius 3 is 2.20 bits per heavy atom. The summed E-state index contributed by atoms with van der Waals surface area (Å²) in [6.07, 6.45) is 8.67. The van der Waals surface area contributed by atoms with Crippen LogP contribution in [0.25, 0.3) is 0 Å². The predicted octanol–water partition coefficient (Wildman–Crippen LogP) is 3.24. The molecule has 0 aromatic rings. The minimum atomic E-state index is 0.187. The van der Waals surface area contributed by atoms with Crippen molar-refractivity contribution in [2.75, 3.05) is 0 Å². The molecule has 0 rings (SSSR count). The van der Waals surface area contributed by atoms with Gasteiger partial charge in [0, 0.05) is 0 Å². The molecule has 0 bridgehead atoms. The lowest BCUT2D eigenvalue weighted by atomic mass is 10.1. The highest BCUT2D eigenvalue weighted by molar-refractivity contribution is 9.23. The van der Waals surface area contributed by atoms with Crippen LogP contribution in [-0.4, -0.2) is 8.14 Å². The molecule has 0 amide bonds. The average molecular weight is 223 g/mol. The first-order valence-corrected chi connectivity index (χ1v) is 9.37. The Bertz CT molecular complexity index is 49.2. The second-order valence-electron chi connectivity index (χ2n) is 2.81. The van der Waals surface area contributed by atoms with Gasteiger partial charge in [0.15, 0.2) is 0 Å². The van der Waals surface area contributed by atoms with Gasteiger partial charge in [-0.25, -0.2) is 0 Å². The summed E-state index contributed by atoms with van der Waals surface area (Å²) in [4.78, 5) is 0. The zero-order valence-electron chi connectivity index (χ0n) is 7.03. The summed E-state index contributed by atoms with van der Waals surface area (Å²) < 4.78 is 0. The van der Waals surface area contributed by atoms with E-state index in [0.29, 0.717) is 0 Å². The van der Waals surface area contributed by atoms with E-state index in [1.807, 2.05) is 0 Å². The number of hydrogen-bond acceptors (Lipinski definition) is 0. The van der Waals surface area contributed by atoms with Crippen LogP contribution in [0, 0.1) is 0 Å². The molecule has 62 valence electrons. The summed E-state index contributed by atoms with van der Waals surface area (Å²) in [7, 11) is 0.187. The molecular formula is C8H19BrSi. The Hall–Kier alpha value is 0.697. The van der Waals surface area contributed by atoms with E-state index in [2.05, 4.69) is 22.2 Å². The van der Waals surface area contributed by atoms with Crippen LogP contribution in [-0.2, 0) is 0 Å². The van der Waals surface area contributed by atoms with Gasteiger partial charge in [0.1, 0.15) is 0 Å². The zero-order chi connectivity index (χ0) is 7.66. The van der Waals surface area contributed by atoms with Gasteiger partial charge in [-0.2, -0.15) is 0 Å². The number of halogens is 1. The summed E-state index contributed by atoms with van der Waals surface area (Å²) >= 11 is 3.57. The van der Waals surface area contributed by atoms with Gasteiger partial charge in [0.25, 0.3) is 0 Å². The molecule has 0 aliphatic carbocycles. The molecule has 0 aliphatic heterocycles. The van der Waals surface area contributed by atoms with E-state index in [0.717, 1.165) is 0 Å². The molecule has 2 heteroatoms. The molecule has 0 aromatic heterocycles. The number of unbranched alkanes of at least 4 members (excludes halogenated alkanes) is 5. The molecule has 0 heterocycles. The summed E-state index contributed by atoms with van der Waals surface area (Å²) in [5.41, 5.74) is 0. The summed E-state index contributed by atoms with van der Waals surface area (Å²) in [5, 5.41) is 0. The largest absolute Gasteiger partial charge is 0.135 e. The Labute approximate surface area is 75.2 Å². The smallest absolute Gasteiger partial charge is 0.0985 e. The van der Waals surface area contributed by atoms with Gasteiger partial charge >= 0.3 is 0 Å². The lowest BCUT2D eigenvalue weighted by molar-refractivity contribution is 0.624. The first-order valence-electron chi connectivity index (χ1n) is 4.47. The minimum absolute atomic E-state index is 0.187. The van der Waals surface area contributed by atoms with Crippen LogP contribution in [0.5, 0.6) is 0 Å². The van der Waals surface area contributed by atoms with Crippen LogP contribution in [0.15, 0.2) is 0 Å². The van der Waals surface area contributed by atoms with Gasteiger partial charge in [-0.3, -0.25) is 0 Å². The molecule has 0 saturated carbocycles. The third kappa shape index (κ3) is 8.70. The fourth-order valence-corrected chi connectivity index (χ4v) is 2.78. The maximum absolute atomic E-state index is 3.57. The van der Waals surface area contributed by atoms with Crippen LogP contribution in [0.2, 0.25) is 6.04 Å². The van der Waals surface area contributed by atoms with Crippen LogP contribution >= 0.6 is 15.3 Å². The fraction of sp³-hybridized carbons (Fsp3) is 1.00. The number of rotatable bonds is 7. The van der Waals surface area contributed by atoms with E-state index < -0.39 is 0 Å². The van der Waals surface area contributed by atoms with E-state index in [1.54, 1.807) is 0 Å². The maximum atomic E-state index is 3.57. The molecular weight excluding hydrogens is 204 g/mol. The molecule has 0 radical (unpaired) electrons. The molecule has 0 atom stereocenters. The maximum Gasteiger partial charge on any atom is 0.0985 e. The normalized spacial score (nSPS) is 11.4. The third-order valence-electron chi connectivity index (χ3n) is 1.74. The lowest BCUT2D eigenvalue weighted by Crippen LogP contribution is -1.80. The molecule has 0 unspecified atom stereocenters. The zero-order valence-corrected chi connectivity index (χ0v) is 10.0. The van der Waals surface area contributed by atoms with Crippen molar-refractivity contribution in [3.8, 4) is 0 Å². The quantitative estimate of drug-likeness (QED) is 0.353. The lowest BCUT2D eigenvalue weighted by Gasteiger charge is -1.97. The van der Waals surface area contributed by atoms with Crippen molar-refractivity contribution in [2.45, 2.75) is 51.5 Å². The first kappa shape index (κ1) is 10.7. The van der Waals surface area contributed by atoms with Gasteiger partial charge in [0.05, 0.1) is 8.14 Å². The molecule has 10 heavy (non-hydrogen) atoms. The van der Waals surface area contributed by atoms with E-state index >= 15 is 0 Å². The highest BCUT2D eigenvalue weighted by Crippen LogP contribution is 2.07. The minimum Gasteiger partial charge on any atom is -0.135 e. The molecule has 0 saturated heterocycles. The summed E-state index contributed by atoms with van der Waals surface area (Å²) in [6.45, 7) is 2.27. The standard InChI is InChI=1S/C8H19BrSi/c1-2-3-4-5-6-7-8-10-9/h2-8,10H2,1H3. The molecule has 0 nitrogen and oxygen atoms in total. The van der Waals surface area contributed by atoms with Gasteiger partial charge < -0.3 is 0 Å². The summed E-state index contributed by atoms with van der Waals surface area (Å²) in [6, 6.07) is 1.49. The fourth-order valence-electron chi connectivity index (χ4n) is 1.05. The molecule has 0 aliphatic rings. The second-order valence-corrected chi connectivity index (χ2v) is 6.27. The van der Waals surface area contributed by atoms with Crippen LogP contribution < -0.4 is 0 Å². The predicted molar refractivity (Wildman–Crippen MR) is 55.7 cm³/mol. The molecule has 0 spiro atoms. The van der Waals surface area contributed by atoms with E-state index in [1.165, 1.54) is 44.6 Å². The SMILES string of the molecule is CCCCCCCC[SiH2]Br. The van der Waals surface area contributed by atoms with E-state index in [-0.39, 0.29) is 8.14 Å².